The normalized spacial score (nSPS) is 26.3. The Kier molecular flexibility index (Phi) is 3.23. The molecule has 0 radical (unpaired) electrons. The van der Waals surface area contributed by atoms with Crippen molar-refractivity contribution in [3.8, 4) is 0 Å². The highest BCUT2D eigenvalue weighted by Gasteiger charge is 2.27. The van der Waals surface area contributed by atoms with Crippen LogP contribution in [0.1, 0.15) is 19.0 Å². The summed E-state index contributed by atoms with van der Waals surface area (Å²) >= 11 is 1.50. The number of likely N-dealkylation sites (N-methyl/N-ethyl adjacent to an activating group) is 1. The number of hydrogen-bond donors (Lipinski definition) is 1. The molecule has 1 aromatic rings. The Morgan fingerprint density at radius 1 is 1.73 bits per heavy atom. The number of rotatable bonds is 3. The molecule has 2 N–H and O–H groups in total. The van der Waals surface area contributed by atoms with E-state index in [1.807, 2.05) is 5.38 Å². The Labute approximate surface area is 94.1 Å². The predicted octanol–water partition coefficient (Wildman–Crippen LogP) is 1.33. The first-order valence-corrected chi connectivity index (χ1v) is 6.06. The van der Waals surface area contributed by atoms with Crippen LogP contribution in [-0.4, -0.2) is 35.7 Å². The van der Waals surface area contributed by atoms with Crippen molar-refractivity contribution in [3.63, 3.8) is 0 Å². The number of hydrogen-bond acceptors (Lipinski definition) is 5. The maximum Gasteiger partial charge on any atom is 0.180 e. The topological polar surface area (TPSA) is 51.4 Å². The Hall–Kier alpha value is -0.650. The first-order chi connectivity index (χ1) is 7.16. The van der Waals surface area contributed by atoms with Gasteiger partial charge in [0.2, 0.25) is 0 Å². The molecule has 15 heavy (non-hydrogen) atoms. The number of nitrogens with zero attached hydrogens (tertiary/aromatic N) is 2. The van der Waals surface area contributed by atoms with E-state index in [1.54, 1.807) is 0 Å². The van der Waals surface area contributed by atoms with Gasteiger partial charge in [0.25, 0.3) is 0 Å². The van der Waals surface area contributed by atoms with Gasteiger partial charge < -0.3 is 10.5 Å². The summed E-state index contributed by atoms with van der Waals surface area (Å²) < 4.78 is 5.55. The molecule has 0 amide bonds. The monoisotopic (exact) mass is 227 g/mol. The summed E-state index contributed by atoms with van der Waals surface area (Å²) in [5.74, 6) is 0. The van der Waals surface area contributed by atoms with Gasteiger partial charge >= 0.3 is 0 Å². The van der Waals surface area contributed by atoms with Crippen molar-refractivity contribution in [2.45, 2.75) is 32.0 Å². The molecule has 4 nitrogen and oxygen atoms in total. The van der Waals surface area contributed by atoms with E-state index in [9.17, 15) is 0 Å². The molecule has 0 spiro atoms. The van der Waals surface area contributed by atoms with E-state index in [0.29, 0.717) is 17.3 Å². The van der Waals surface area contributed by atoms with Crippen LogP contribution >= 0.6 is 11.3 Å². The van der Waals surface area contributed by atoms with Gasteiger partial charge in [-0.1, -0.05) is 0 Å². The average molecular weight is 227 g/mol. The maximum atomic E-state index is 5.60. The molecule has 0 saturated carbocycles. The van der Waals surface area contributed by atoms with Crippen molar-refractivity contribution < 1.29 is 4.74 Å². The SMILES string of the molecule is CC1OCCC1N(C)Cc1csc(N)n1. The van der Waals surface area contributed by atoms with Gasteiger partial charge in [0, 0.05) is 24.6 Å². The molecule has 1 fully saturated rings. The van der Waals surface area contributed by atoms with Crippen LogP contribution in [0.15, 0.2) is 5.38 Å². The molecule has 2 unspecified atom stereocenters. The lowest BCUT2D eigenvalue weighted by atomic mass is 10.1. The maximum absolute atomic E-state index is 5.60. The zero-order chi connectivity index (χ0) is 10.8. The van der Waals surface area contributed by atoms with E-state index in [4.69, 9.17) is 10.5 Å². The zero-order valence-corrected chi connectivity index (χ0v) is 9.96. The second-order valence-corrected chi connectivity index (χ2v) is 4.91. The van der Waals surface area contributed by atoms with Crippen LogP contribution in [0.4, 0.5) is 5.13 Å². The van der Waals surface area contributed by atoms with Gasteiger partial charge in [-0.05, 0) is 20.4 Å². The van der Waals surface area contributed by atoms with Gasteiger partial charge in [-0.3, -0.25) is 4.90 Å². The number of aromatic nitrogens is 1. The highest BCUT2D eigenvalue weighted by atomic mass is 32.1. The van der Waals surface area contributed by atoms with E-state index in [-0.39, 0.29) is 0 Å². The van der Waals surface area contributed by atoms with E-state index in [1.165, 1.54) is 11.3 Å². The Bertz CT molecular complexity index is 328. The molecular formula is C10H17N3OS. The third-order valence-corrected chi connectivity index (χ3v) is 3.61. The van der Waals surface area contributed by atoms with Crippen LogP contribution in [0.25, 0.3) is 0 Å². The lowest BCUT2D eigenvalue weighted by molar-refractivity contribution is 0.0811. The van der Waals surface area contributed by atoms with Crippen LogP contribution in [0, 0.1) is 0 Å². The Morgan fingerprint density at radius 2 is 2.53 bits per heavy atom. The van der Waals surface area contributed by atoms with Crippen LogP contribution < -0.4 is 5.73 Å². The van der Waals surface area contributed by atoms with Crippen molar-refractivity contribution in [1.29, 1.82) is 0 Å². The van der Waals surface area contributed by atoms with Crippen molar-refractivity contribution >= 4 is 16.5 Å². The van der Waals surface area contributed by atoms with Crippen LogP contribution in [0.2, 0.25) is 0 Å². The predicted molar refractivity (Wildman–Crippen MR) is 61.8 cm³/mol. The summed E-state index contributed by atoms with van der Waals surface area (Å²) in [5.41, 5.74) is 6.65. The number of anilines is 1. The van der Waals surface area contributed by atoms with Gasteiger partial charge in [-0.2, -0.15) is 0 Å². The number of ether oxygens (including phenoxy) is 1. The minimum Gasteiger partial charge on any atom is -0.377 e. The fraction of sp³-hybridized carbons (Fsp3) is 0.700. The van der Waals surface area contributed by atoms with Crippen molar-refractivity contribution in [3.05, 3.63) is 11.1 Å². The van der Waals surface area contributed by atoms with Crippen LogP contribution in [0.5, 0.6) is 0 Å². The van der Waals surface area contributed by atoms with E-state index < -0.39 is 0 Å². The number of nitrogen functional groups attached to an aromatic ring is 1. The van der Waals surface area contributed by atoms with Gasteiger partial charge in [0.15, 0.2) is 5.13 Å². The second kappa shape index (κ2) is 4.47. The third-order valence-electron chi connectivity index (χ3n) is 2.88. The van der Waals surface area contributed by atoms with Gasteiger partial charge in [0.05, 0.1) is 11.8 Å². The molecule has 5 heteroatoms. The minimum atomic E-state index is 0.325. The van der Waals surface area contributed by atoms with Gasteiger partial charge in [0.1, 0.15) is 0 Å². The van der Waals surface area contributed by atoms with Crippen molar-refractivity contribution in [2.75, 3.05) is 19.4 Å². The Morgan fingerprint density at radius 3 is 3.07 bits per heavy atom. The quantitative estimate of drug-likeness (QED) is 0.846. The first-order valence-electron chi connectivity index (χ1n) is 5.18. The Balaban J connectivity index is 1.94. The summed E-state index contributed by atoms with van der Waals surface area (Å²) in [6, 6.07) is 0.507. The molecule has 0 aromatic carbocycles. The molecule has 84 valence electrons. The van der Waals surface area contributed by atoms with Gasteiger partial charge in [-0.25, -0.2) is 4.98 Å². The largest absolute Gasteiger partial charge is 0.377 e. The summed E-state index contributed by atoms with van der Waals surface area (Å²) in [6.07, 6.45) is 1.43. The molecule has 1 aromatic heterocycles. The van der Waals surface area contributed by atoms with Crippen molar-refractivity contribution in [2.24, 2.45) is 0 Å². The second-order valence-electron chi connectivity index (χ2n) is 4.02. The third kappa shape index (κ3) is 2.48. The molecule has 2 atom stereocenters. The van der Waals surface area contributed by atoms with Crippen molar-refractivity contribution in [1.82, 2.24) is 9.88 Å². The summed E-state index contributed by atoms with van der Waals surface area (Å²) in [6.45, 7) is 3.85. The van der Waals surface area contributed by atoms with Crippen LogP contribution in [0.3, 0.4) is 0 Å². The molecule has 2 rings (SSSR count). The minimum absolute atomic E-state index is 0.325. The average Bonchev–Trinajstić information content (AvgIpc) is 2.75. The number of nitrogens with two attached hydrogens (primary N) is 1. The lowest BCUT2D eigenvalue weighted by Crippen LogP contribution is -2.36. The van der Waals surface area contributed by atoms with Crippen LogP contribution in [-0.2, 0) is 11.3 Å². The van der Waals surface area contributed by atoms with Gasteiger partial charge in [-0.15, -0.1) is 11.3 Å². The first kappa shape index (κ1) is 10.9. The highest BCUT2D eigenvalue weighted by molar-refractivity contribution is 7.13. The summed E-state index contributed by atoms with van der Waals surface area (Å²) in [7, 11) is 2.12. The lowest BCUT2D eigenvalue weighted by Gasteiger charge is -2.25. The van der Waals surface area contributed by atoms with E-state index >= 15 is 0 Å². The molecule has 1 aliphatic rings. The number of thiazole rings is 1. The standard InChI is InChI=1S/C10H17N3OS/c1-7-9(3-4-14-7)13(2)5-8-6-15-10(11)12-8/h6-7,9H,3-5H2,1-2H3,(H2,11,12). The zero-order valence-electron chi connectivity index (χ0n) is 9.14. The highest BCUT2D eigenvalue weighted by Crippen LogP contribution is 2.20. The summed E-state index contributed by atoms with van der Waals surface area (Å²) in [4.78, 5) is 6.56. The summed E-state index contributed by atoms with van der Waals surface area (Å²) in [5, 5.41) is 2.67. The molecular weight excluding hydrogens is 210 g/mol. The fourth-order valence-corrected chi connectivity index (χ4v) is 2.62. The van der Waals surface area contributed by atoms with E-state index in [2.05, 4.69) is 23.9 Å². The molecule has 1 aliphatic heterocycles. The fourth-order valence-electron chi connectivity index (χ4n) is 2.07. The molecule has 1 saturated heterocycles. The molecule has 2 heterocycles. The molecule has 0 aliphatic carbocycles. The van der Waals surface area contributed by atoms with E-state index in [0.717, 1.165) is 25.3 Å². The molecule has 0 bridgehead atoms. The smallest absolute Gasteiger partial charge is 0.180 e.